The molecule has 0 radical (unpaired) electrons. The molecule has 3 rings (SSSR count). The lowest BCUT2D eigenvalue weighted by Crippen LogP contribution is -2.45. The summed E-state index contributed by atoms with van der Waals surface area (Å²) in [6, 6.07) is 17.6. The van der Waals surface area contributed by atoms with E-state index in [-0.39, 0.29) is 10.7 Å². The van der Waals surface area contributed by atoms with Crippen LogP contribution < -0.4 is 27.2 Å². The lowest BCUT2D eigenvalue weighted by molar-refractivity contribution is -0.125. The van der Waals surface area contributed by atoms with Gasteiger partial charge in [0, 0.05) is 22.5 Å². The van der Waals surface area contributed by atoms with Gasteiger partial charge in [-0.15, -0.1) is 0 Å². The predicted octanol–water partition coefficient (Wildman–Crippen LogP) is 1.19. The number of carbonyl (C=O) groups excluding carboxylic acids is 2. The summed E-state index contributed by atoms with van der Waals surface area (Å²) < 4.78 is 23.7. The molecule has 11 heteroatoms. The second kappa shape index (κ2) is 9.51. The van der Waals surface area contributed by atoms with E-state index in [2.05, 4.69) is 10.6 Å². The average molecular weight is 467 g/mol. The van der Waals surface area contributed by atoms with Crippen LogP contribution in [0.25, 0.3) is 11.1 Å². The first-order valence-electron chi connectivity index (χ1n) is 9.59. The molecule has 0 fully saturated rings. The van der Waals surface area contributed by atoms with Crippen LogP contribution >= 0.6 is 0 Å². The number of primary sulfonamides is 1. The van der Waals surface area contributed by atoms with Crippen molar-refractivity contribution in [1.29, 1.82) is 5.41 Å². The maximum absolute atomic E-state index is 12.7. The number of hydrogen-bond donors (Lipinski definition) is 6. The number of primary amides is 1. The van der Waals surface area contributed by atoms with E-state index in [4.69, 9.17) is 22.0 Å². The molecule has 0 saturated carbocycles. The van der Waals surface area contributed by atoms with E-state index < -0.39 is 27.9 Å². The molecule has 3 aromatic carbocycles. The number of nitrogen functional groups attached to an aromatic ring is 1. The lowest BCUT2D eigenvalue weighted by Gasteiger charge is -2.17. The number of sulfonamides is 1. The first-order chi connectivity index (χ1) is 15.6. The Morgan fingerprint density at radius 3 is 2.15 bits per heavy atom. The summed E-state index contributed by atoms with van der Waals surface area (Å²) in [7, 11) is -3.92. The van der Waals surface area contributed by atoms with E-state index in [0.29, 0.717) is 28.1 Å². The molecule has 0 aliphatic rings. The van der Waals surface area contributed by atoms with Crippen molar-refractivity contribution in [3.8, 4) is 11.1 Å². The predicted molar refractivity (Wildman–Crippen MR) is 126 cm³/mol. The van der Waals surface area contributed by atoms with Crippen molar-refractivity contribution in [2.45, 2.75) is 10.9 Å². The van der Waals surface area contributed by atoms with E-state index in [1.165, 1.54) is 12.1 Å². The Kier molecular flexibility index (Phi) is 6.75. The summed E-state index contributed by atoms with van der Waals surface area (Å²) in [5, 5.41) is 18.1. The third kappa shape index (κ3) is 5.73. The van der Waals surface area contributed by atoms with Gasteiger partial charge < -0.3 is 22.1 Å². The van der Waals surface area contributed by atoms with E-state index >= 15 is 0 Å². The third-order valence-electron chi connectivity index (χ3n) is 4.69. The van der Waals surface area contributed by atoms with Gasteiger partial charge in [0.2, 0.25) is 15.9 Å². The fraction of sp³-hybridized carbons (Fsp3) is 0.0455. The molecule has 1 atom stereocenters. The van der Waals surface area contributed by atoms with Gasteiger partial charge in [-0.2, -0.15) is 0 Å². The molecular weight excluding hydrogens is 444 g/mol. The Morgan fingerprint density at radius 2 is 1.55 bits per heavy atom. The minimum Gasteiger partial charge on any atom is -0.384 e. The Morgan fingerprint density at radius 1 is 0.879 bits per heavy atom. The van der Waals surface area contributed by atoms with Crippen LogP contribution in [0.3, 0.4) is 0 Å². The summed E-state index contributed by atoms with van der Waals surface area (Å²) in [4.78, 5) is 24.5. The van der Waals surface area contributed by atoms with Crippen molar-refractivity contribution in [1.82, 2.24) is 0 Å². The molecule has 0 bridgehead atoms. The maximum atomic E-state index is 12.7. The minimum atomic E-state index is -3.92. The number of carbonyl (C=O) groups is 2. The zero-order chi connectivity index (χ0) is 24.2. The van der Waals surface area contributed by atoms with Gasteiger partial charge in [0.25, 0.3) is 5.91 Å². The molecule has 0 aromatic heterocycles. The summed E-state index contributed by atoms with van der Waals surface area (Å²) in [5.74, 6) is -1.77. The van der Waals surface area contributed by atoms with Gasteiger partial charge in [-0.05, 0) is 35.9 Å². The fourth-order valence-corrected chi connectivity index (χ4v) is 3.87. The summed E-state index contributed by atoms with van der Waals surface area (Å²) in [5.41, 5.74) is 13.0. The van der Waals surface area contributed by atoms with Crippen LogP contribution in [0.1, 0.15) is 5.56 Å². The number of amidine groups is 1. The molecule has 2 amide bonds. The van der Waals surface area contributed by atoms with Crippen LogP contribution in [0.2, 0.25) is 0 Å². The molecule has 170 valence electrons. The number of amides is 2. The summed E-state index contributed by atoms with van der Waals surface area (Å²) >= 11 is 0. The van der Waals surface area contributed by atoms with E-state index in [0.717, 1.165) is 0 Å². The quantitative estimate of drug-likeness (QED) is 0.164. The molecule has 3 aromatic rings. The Balaban J connectivity index is 1.79. The monoisotopic (exact) mass is 466 g/mol. The highest BCUT2D eigenvalue weighted by Crippen LogP contribution is 2.27. The summed E-state index contributed by atoms with van der Waals surface area (Å²) in [6.07, 6.45) is 0. The zero-order valence-electron chi connectivity index (χ0n) is 17.3. The van der Waals surface area contributed by atoms with Crippen LogP contribution in [0, 0.1) is 5.41 Å². The van der Waals surface area contributed by atoms with Gasteiger partial charge in [-0.25, -0.2) is 13.6 Å². The first-order valence-corrected chi connectivity index (χ1v) is 11.1. The normalized spacial score (nSPS) is 11.9. The summed E-state index contributed by atoms with van der Waals surface area (Å²) in [6.45, 7) is 0. The largest absolute Gasteiger partial charge is 0.384 e. The number of benzene rings is 3. The molecular formula is C22H22N6O4S. The minimum absolute atomic E-state index is 0.0208. The van der Waals surface area contributed by atoms with Crippen molar-refractivity contribution in [3.63, 3.8) is 0 Å². The molecule has 33 heavy (non-hydrogen) atoms. The zero-order valence-corrected chi connectivity index (χ0v) is 18.1. The Labute approximate surface area is 190 Å². The molecule has 0 saturated heterocycles. The molecule has 0 aliphatic carbocycles. The molecule has 9 N–H and O–H groups in total. The van der Waals surface area contributed by atoms with Crippen LogP contribution in [-0.2, 0) is 19.6 Å². The van der Waals surface area contributed by atoms with E-state index in [9.17, 15) is 18.0 Å². The molecule has 0 heterocycles. The van der Waals surface area contributed by atoms with Crippen LogP contribution in [0.4, 0.5) is 11.4 Å². The first kappa shape index (κ1) is 23.4. The van der Waals surface area contributed by atoms with Gasteiger partial charge in [-0.3, -0.25) is 15.0 Å². The van der Waals surface area contributed by atoms with Crippen LogP contribution in [0.5, 0.6) is 0 Å². The SMILES string of the molecule is N=C(N)c1cccc(NC(C(N)=O)C(=O)Nc2ccc(-c3ccccc3S(N)(=O)=O)cc2)c1. The number of anilines is 2. The fourth-order valence-electron chi connectivity index (χ4n) is 3.11. The van der Waals surface area contributed by atoms with Crippen molar-refractivity contribution < 1.29 is 18.0 Å². The van der Waals surface area contributed by atoms with Gasteiger partial charge in [0.1, 0.15) is 5.84 Å². The standard InChI is InChI=1S/C22H22N6O4S/c23-20(24)14-4-3-5-16(12-14)27-19(21(25)29)22(30)28-15-10-8-13(9-11-15)17-6-1-2-7-18(17)33(26,31)32/h1-12,19,27H,(H3,23,24)(H2,25,29)(H,28,30)(H2,26,31,32). The number of hydrogen-bond acceptors (Lipinski definition) is 6. The van der Waals surface area contributed by atoms with Gasteiger partial charge in [0.05, 0.1) is 4.90 Å². The van der Waals surface area contributed by atoms with Crippen molar-refractivity contribution in [3.05, 3.63) is 78.4 Å². The average Bonchev–Trinajstić information content (AvgIpc) is 2.77. The van der Waals surface area contributed by atoms with Crippen molar-refractivity contribution in [2.75, 3.05) is 10.6 Å². The van der Waals surface area contributed by atoms with E-state index in [1.807, 2.05) is 0 Å². The highest BCUT2D eigenvalue weighted by molar-refractivity contribution is 7.89. The Bertz CT molecular complexity index is 1320. The number of nitrogens with one attached hydrogen (secondary N) is 3. The van der Waals surface area contributed by atoms with Gasteiger partial charge in [-0.1, -0.05) is 42.5 Å². The van der Waals surface area contributed by atoms with Crippen molar-refractivity contribution >= 4 is 39.0 Å². The van der Waals surface area contributed by atoms with Gasteiger partial charge in [0.15, 0.2) is 6.04 Å². The smallest absolute Gasteiger partial charge is 0.256 e. The second-order valence-corrected chi connectivity index (χ2v) is 8.61. The second-order valence-electron chi connectivity index (χ2n) is 7.08. The van der Waals surface area contributed by atoms with Crippen LogP contribution in [0.15, 0.2) is 77.7 Å². The topological polar surface area (TPSA) is 194 Å². The van der Waals surface area contributed by atoms with Crippen molar-refractivity contribution in [2.24, 2.45) is 16.6 Å². The van der Waals surface area contributed by atoms with E-state index in [1.54, 1.807) is 60.7 Å². The van der Waals surface area contributed by atoms with Crippen LogP contribution in [-0.4, -0.2) is 32.1 Å². The molecule has 1 unspecified atom stereocenters. The highest BCUT2D eigenvalue weighted by atomic mass is 32.2. The molecule has 0 spiro atoms. The van der Waals surface area contributed by atoms with Gasteiger partial charge >= 0.3 is 0 Å². The number of rotatable bonds is 8. The molecule has 10 nitrogen and oxygen atoms in total. The number of nitrogens with two attached hydrogens (primary N) is 3. The molecule has 0 aliphatic heterocycles. The third-order valence-corrected chi connectivity index (χ3v) is 5.66. The Hall–Kier alpha value is -4.22. The highest BCUT2D eigenvalue weighted by Gasteiger charge is 2.24. The lowest BCUT2D eigenvalue weighted by atomic mass is 10.1. The maximum Gasteiger partial charge on any atom is 0.256 e.